The molecule has 1 heterocycles. The standard InChI is InChI=1S/C14H15N3OS/c1-3-14(4-2,9-15)12(18)17-13-16-10-7-5-6-8-11(10)19-13/h5-8H,3-4H2,1-2H3,(H,16,17,18). The van der Waals surface area contributed by atoms with Crippen molar-refractivity contribution >= 4 is 32.6 Å². The van der Waals surface area contributed by atoms with Crippen LogP contribution in [0.4, 0.5) is 5.13 Å². The highest BCUT2D eigenvalue weighted by molar-refractivity contribution is 7.22. The lowest BCUT2D eigenvalue weighted by Gasteiger charge is -2.21. The number of nitrogens with zero attached hydrogens (tertiary/aromatic N) is 2. The maximum atomic E-state index is 12.2. The predicted octanol–water partition coefficient (Wildman–Crippen LogP) is 3.56. The number of carbonyl (C=O) groups excluding carboxylic acids is 1. The molecule has 0 aliphatic rings. The summed E-state index contributed by atoms with van der Waals surface area (Å²) >= 11 is 1.42. The molecule has 1 aromatic heterocycles. The molecular formula is C14H15N3OS. The molecule has 1 N–H and O–H groups in total. The first-order valence-electron chi connectivity index (χ1n) is 6.23. The van der Waals surface area contributed by atoms with Gasteiger partial charge >= 0.3 is 0 Å². The van der Waals surface area contributed by atoms with Gasteiger partial charge in [-0.3, -0.25) is 4.79 Å². The third-order valence-electron chi connectivity index (χ3n) is 3.37. The van der Waals surface area contributed by atoms with Crippen LogP contribution in [0.25, 0.3) is 10.2 Å². The van der Waals surface area contributed by atoms with Crippen LogP contribution >= 0.6 is 11.3 Å². The van der Waals surface area contributed by atoms with Gasteiger partial charge in [-0.2, -0.15) is 5.26 Å². The maximum Gasteiger partial charge on any atom is 0.246 e. The molecule has 0 radical (unpaired) electrons. The van der Waals surface area contributed by atoms with Crippen molar-refractivity contribution in [3.8, 4) is 6.07 Å². The van der Waals surface area contributed by atoms with Crippen molar-refractivity contribution in [2.24, 2.45) is 5.41 Å². The number of para-hydroxylation sites is 1. The Hall–Kier alpha value is -1.93. The number of nitriles is 1. The summed E-state index contributed by atoms with van der Waals surface area (Å²) in [5.74, 6) is -0.265. The van der Waals surface area contributed by atoms with Crippen LogP contribution in [-0.2, 0) is 4.79 Å². The number of thiazole rings is 1. The highest BCUT2D eigenvalue weighted by atomic mass is 32.1. The minimum absolute atomic E-state index is 0.265. The van der Waals surface area contributed by atoms with Gasteiger partial charge in [0, 0.05) is 0 Å². The van der Waals surface area contributed by atoms with Crippen LogP contribution in [0, 0.1) is 16.7 Å². The van der Waals surface area contributed by atoms with Gasteiger partial charge in [-0.1, -0.05) is 37.3 Å². The number of anilines is 1. The molecule has 19 heavy (non-hydrogen) atoms. The first-order valence-corrected chi connectivity index (χ1v) is 7.05. The summed E-state index contributed by atoms with van der Waals surface area (Å²) in [6.45, 7) is 3.70. The number of rotatable bonds is 4. The molecule has 0 saturated heterocycles. The monoisotopic (exact) mass is 273 g/mol. The lowest BCUT2D eigenvalue weighted by Crippen LogP contribution is -2.33. The van der Waals surface area contributed by atoms with Crippen LogP contribution in [0.5, 0.6) is 0 Å². The van der Waals surface area contributed by atoms with E-state index in [2.05, 4.69) is 16.4 Å². The van der Waals surface area contributed by atoms with Crippen molar-refractivity contribution < 1.29 is 4.79 Å². The minimum atomic E-state index is -0.960. The average Bonchev–Trinajstić information content (AvgIpc) is 2.83. The Balaban J connectivity index is 2.25. The smallest absolute Gasteiger partial charge is 0.246 e. The zero-order chi connectivity index (χ0) is 13.9. The van der Waals surface area contributed by atoms with Gasteiger partial charge < -0.3 is 5.32 Å². The molecule has 1 amide bonds. The molecule has 5 heteroatoms. The molecule has 0 aliphatic heterocycles. The van der Waals surface area contributed by atoms with Gasteiger partial charge in [0.15, 0.2) is 5.13 Å². The molecule has 1 aromatic carbocycles. The summed E-state index contributed by atoms with van der Waals surface area (Å²) in [4.78, 5) is 16.6. The van der Waals surface area contributed by atoms with Gasteiger partial charge in [0.1, 0.15) is 5.41 Å². The third kappa shape index (κ3) is 2.45. The molecule has 0 fully saturated rings. The van der Waals surface area contributed by atoms with Gasteiger partial charge in [0.25, 0.3) is 0 Å². The molecule has 0 spiro atoms. The van der Waals surface area contributed by atoms with Gasteiger partial charge in [-0.15, -0.1) is 0 Å². The Labute approximate surface area is 116 Å². The van der Waals surface area contributed by atoms with Gasteiger partial charge in [-0.25, -0.2) is 4.98 Å². The number of carbonyl (C=O) groups is 1. The summed E-state index contributed by atoms with van der Waals surface area (Å²) in [5, 5.41) is 12.6. The molecule has 2 rings (SSSR count). The molecule has 0 atom stereocenters. The topological polar surface area (TPSA) is 65.8 Å². The van der Waals surface area contributed by atoms with Gasteiger partial charge in [0.2, 0.25) is 5.91 Å². The van der Waals surface area contributed by atoms with Crippen LogP contribution in [0.1, 0.15) is 26.7 Å². The molecule has 0 aliphatic carbocycles. The van der Waals surface area contributed by atoms with Crippen molar-refractivity contribution in [3.63, 3.8) is 0 Å². The van der Waals surface area contributed by atoms with E-state index in [0.717, 1.165) is 10.2 Å². The Morgan fingerprint density at radius 2 is 2.11 bits per heavy atom. The number of hydrogen-bond acceptors (Lipinski definition) is 4. The van der Waals surface area contributed by atoms with Gasteiger partial charge in [0.05, 0.1) is 16.3 Å². The van der Waals surface area contributed by atoms with E-state index in [9.17, 15) is 10.1 Å². The molecule has 4 nitrogen and oxygen atoms in total. The molecule has 0 saturated carbocycles. The lowest BCUT2D eigenvalue weighted by atomic mass is 9.83. The summed E-state index contributed by atoms with van der Waals surface area (Å²) < 4.78 is 1.02. The quantitative estimate of drug-likeness (QED) is 0.926. The van der Waals surface area contributed by atoms with Crippen LogP contribution in [0.15, 0.2) is 24.3 Å². The Kier molecular flexibility index (Phi) is 3.82. The zero-order valence-corrected chi connectivity index (χ0v) is 11.8. The van der Waals surface area contributed by atoms with E-state index >= 15 is 0 Å². The summed E-state index contributed by atoms with van der Waals surface area (Å²) in [5.41, 5.74) is -0.101. The normalized spacial score (nSPS) is 11.2. The summed E-state index contributed by atoms with van der Waals surface area (Å²) in [6.07, 6.45) is 0.994. The first-order chi connectivity index (χ1) is 9.15. The van der Waals surface area contributed by atoms with E-state index in [1.807, 2.05) is 38.1 Å². The maximum absolute atomic E-state index is 12.2. The Morgan fingerprint density at radius 3 is 2.68 bits per heavy atom. The van der Waals surface area contributed by atoms with E-state index in [1.54, 1.807) is 0 Å². The van der Waals surface area contributed by atoms with E-state index in [1.165, 1.54) is 11.3 Å². The SMILES string of the molecule is CCC(C#N)(CC)C(=O)Nc1nc2ccccc2s1. The highest BCUT2D eigenvalue weighted by Crippen LogP contribution is 2.30. The lowest BCUT2D eigenvalue weighted by molar-refractivity contribution is -0.123. The van der Waals surface area contributed by atoms with E-state index in [0.29, 0.717) is 18.0 Å². The molecule has 0 unspecified atom stereocenters. The summed E-state index contributed by atoms with van der Waals surface area (Å²) in [7, 11) is 0. The van der Waals surface area contributed by atoms with Crippen LogP contribution in [0.2, 0.25) is 0 Å². The molecule has 0 bridgehead atoms. The number of benzene rings is 1. The van der Waals surface area contributed by atoms with Crippen LogP contribution < -0.4 is 5.32 Å². The fraction of sp³-hybridized carbons (Fsp3) is 0.357. The predicted molar refractivity (Wildman–Crippen MR) is 76.9 cm³/mol. The minimum Gasteiger partial charge on any atom is -0.301 e. The van der Waals surface area contributed by atoms with Crippen molar-refractivity contribution in [3.05, 3.63) is 24.3 Å². The summed E-state index contributed by atoms with van der Waals surface area (Å²) in [6, 6.07) is 9.84. The van der Waals surface area contributed by atoms with Crippen molar-refractivity contribution in [2.75, 3.05) is 5.32 Å². The van der Waals surface area contributed by atoms with Crippen LogP contribution in [-0.4, -0.2) is 10.9 Å². The highest BCUT2D eigenvalue weighted by Gasteiger charge is 2.35. The molecule has 2 aromatic rings. The Morgan fingerprint density at radius 1 is 1.42 bits per heavy atom. The average molecular weight is 273 g/mol. The first kappa shape index (κ1) is 13.5. The Bertz CT molecular complexity index is 604. The van der Waals surface area contributed by atoms with E-state index in [-0.39, 0.29) is 5.91 Å². The number of amides is 1. The number of fused-ring (bicyclic) bond motifs is 1. The third-order valence-corrected chi connectivity index (χ3v) is 4.32. The van der Waals surface area contributed by atoms with Crippen LogP contribution in [0.3, 0.4) is 0 Å². The second kappa shape index (κ2) is 5.37. The number of hydrogen-bond donors (Lipinski definition) is 1. The number of aromatic nitrogens is 1. The van der Waals surface area contributed by atoms with E-state index in [4.69, 9.17) is 0 Å². The fourth-order valence-corrected chi connectivity index (χ4v) is 2.78. The largest absolute Gasteiger partial charge is 0.301 e. The van der Waals surface area contributed by atoms with E-state index < -0.39 is 5.41 Å². The fourth-order valence-electron chi connectivity index (χ4n) is 1.92. The molecule has 98 valence electrons. The van der Waals surface area contributed by atoms with Crippen molar-refractivity contribution in [1.29, 1.82) is 5.26 Å². The second-order valence-electron chi connectivity index (χ2n) is 4.34. The zero-order valence-electron chi connectivity index (χ0n) is 10.9. The second-order valence-corrected chi connectivity index (χ2v) is 5.37. The van der Waals surface area contributed by atoms with Crippen molar-refractivity contribution in [2.45, 2.75) is 26.7 Å². The van der Waals surface area contributed by atoms with Crippen molar-refractivity contribution in [1.82, 2.24) is 4.98 Å². The number of nitrogens with one attached hydrogen (secondary N) is 1. The molecular weight excluding hydrogens is 258 g/mol. The van der Waals surface area contributed by atoms with Gasteiger partial charge in [-0.05, 0) is 25.0 Å².